The highest BCUT2D eigenvalue weighted by atomic mass is 35.5. The zero-order valence-electron chi connectivity index (χ0n) is 28.7. The molecule has 2 heterocycles. The highest BCUT2D eigenvalue weighted by Gasteiger charge is 2.31. The molecular formula is C38H36ClFN6O5. The Morgan fingerprint density at radius 2 is 1.75 bits per heavy atom. The number of aromatic nitrogens is 3. The molecule has 0 aliphatic heterocycles. The summed E-state index contributed by atoms with van der Waals surface area (Å²) in [6.45, 7) is 8.92. The summed E-state index contributed by atoms with van der Waals surface area (Å²) in [5.41, 5.74) is 3.54. The zero-order chi connectivity index (χ0) is 36.6. The second-order valence-electron chi connectivity index (χ2n) is 13.4. The molecule has 1 atom stereocenters. The normalized spacial score (nSPS) is 13.8. The lowest BCUT2D eigenvalue weighted by Crippen LogP contribution is -2.31. The maximum Gasteiger partial charge on any atom is 0.338 e. The molecule has 3 aromatic carbocycles. The SMILES string of the molecule is Cc1ccc(CNC(=O)c2cc(C(=O)N[C@H]3CCc4c3ccc(C(=O)OC(C)(C)C)c4C)n3ncc(C(=O)Nc4ccccc4Cl)c3n2)cc1F. The third kappa shape index (κ3) is 7.46. The van der Waals surface area contributed by atoms with Crippen LogP contribution in [0.25, 0.3) is 5.65 Å². The molecule has 0 bridgehead atoms. The van der Waals surface area contributed by atoms with Crippen LogP contribution in [0.4, 0.5) is 10.1 Å². The number of benzene rings is 3. The van der Waals surface area contributed by atoms with Gasteiger partial charge in [-0.2, -0.15) is 5.10 Å². The number of nitrogens with one attached hydrogen (secondary N) is 3. The van der Waals surface area contributed by atoms with E-state index in [9.17, 15) is 23.6 Å². The summed E-state index contributed by atoms with van der Waals surface area (Å²) in [4.78, 5) is 58.2. The molecule has 262 valence electrons. The van der Waals surface area contributed by atoms with Gasteiger partial charge in [0.2, 0.25) is 0 Å². The van der Waals surface area contributed by atoms with Gasteiger partial charge >= 0.3 is 5.97 Å². The summed E-state index contributed by atoms with van der Waals surface area (Å²) < 4.78 is 20.9. The molecule has 13 heteroatoms. The summed E-state index contributed by atoms with van der Waals surface area (Å²) in [6, 6.07) is 15.7. The number of fused-ring (bicyclic) bond motifs is 2. The second kappa shape index (κ2) is 13.9. The van der Waals surface area contributed by atoms with E-state index in [2.05, 4.69) is 26.0 Å². The van der Waals surface area contributed by atoms with Gasteiger partial charge in [0.15, 0.2) is 5.65 Å². The number of anilines is 1. The lowest BCUT2D eigenvalue weighted by atomic mass is 9.97. The molecule has 1 aliphatic rings. The van der Waals surface area contributed by atoms with E-state index in [0.29, 0.717) is 40.2 Å². The van der Waals surface area contributed by atoms with Crippen LogP contribution in [0.2, 0.25) is 5.02 Å². The minimum atomic E-state index is -0.650. The molecule has 2 aromatic heterocycles. The van der Waals surface area contributed by atoms with Gasteiger partial charge in [-0.3, -0.25) is 14.4 Å². The van der Waals surface area contributed by atoms with Gasteiger partial charge in [-0.05, 0) is 99.5 Å². The van der Waals surface area contributed by atoms with Crippen molar-refractivity contribution in [2.24, 2.45) is 0 Å². The number of ether oxygens (including phenoxy) is 1. The second-order valence-corrected chi connectivity index (χ2v) is 13.8. The first kappa shape index (κ1) is 35.2. The number of aryl methyl sites for hydroxylation is 1. The van der Waals surface area contributed by atoms with Crippen LogP contribution in [0.3, 0.4) is 0 Å². The van der Waals surface area contributed by atoms with Crippen molar-refractivity contribution >= 4 is 46.6 Å². The molecule has 3 amide bonds. The Bertz CT molecular complexity index is 2230. The fraction of sp³-hybridized carbons (Fsp3) is 0.263. The largest absolute Gasteiger partial charge is 0.456 e. The molecular weight excluding hydrogens is 675 g/mol. The molecule has 0 saturated carbocycles. The average molecular weight is 711 g/mol. The highest BCUT2D eigenvalue weighted by molar-refractivity contribution is 6.34. The van der Waals surface area contributed by atoms with E-state index in [1.54, 1.807) is 49.4 Å². The van der Waals surface area contributed by atoms with Crippen molar-refractivity contribution in [1.82, 2.24) is 25.2 Å². The van der Waals surface area contributed by atoms with Crippen LogP contribution in [0.1, 0.15) is 103 Å². The first-order valence-electron chi connectivity index (χ1n) is 16.3. The van der Waals surface area contributed by atoms with E-state index in [1.165, 1.54) is 22.8 Å². The molecule has 0 saturated heterocycles. The first-order valence-corrected chi connectivity index (χ1v) is 16.7. The van der Waals surface area contributed by atoms with E-state index in [0.717, 1.165) is 16.7 Å². The molecule has 3 N–H and O–H groups in total. The van der Waals surface area contributed by atoms with Gasteiger partial charge in [0.1, 0.15) is 28.4 Å². The zero-order valence-corrected chi connectivity index (χ0v) is 29.4. The van der Waals surface area contributed by atoms with Crippen LogP contribution in [-0.2, 0) is 17.7 Å². The summed E-state index contributed by atoms with van der Waals surface area (Å²) >= 11 is 6.26. The van der Waals surface area contributed by atoms with Crippen molar-refractivity contribution in [3.05, 3.63) is 128 Å². The van der Waals surface area contributed by atoms with Gasteiger partial charge in [0, 0.05) is 12.6 Å². The van der Waals surface area contributed by atoms with Crippen LogP contribution in [0.5, 0.6) is 0 Å². The average Bonchev–Trinajstić information content (AvgIpc) is 3.70. The number of carbonyl (C=O) groups excluding carboxylic acids is 4. The minimum Gasteiger partial charge on any atom is -0.456 e. The van der Waals surface area contributed by atoms with E-state index >= 15 is 0 Å². The maximum absolute atomic E-state index is 14.2. The fourth-order valence-corrected chi connectivity index (χ4v) is 6.17. The van der Waals surface area contributed by atoms with Gasteiger partial charge in [-0.1, -0.05) is 41.9 Å². The third-order valence-electron chi connectivity index (χ3n) is 8.61. The third-order valence-corrected chi connectivity index (χ3v) is 8.94. The van der Waals surface area contributed by atoms with Crippen LogP contribution in [0, 0.1) is 19.7 Å². The summed E-state index contributed by atoms with van der Waals surface area (Å²) in [5, 5.41) is 13.1. The van der Waals surface area contributed by atoms with Crippen molar-refractivity contribution in [1.29, 1.82) is 0 Å². The maximum atomic E-state index is 14.2. The monoisotopic (exact) mass is 710 g/mol. The van der Waals surface area contributed by atoms with E-state index in [-0.39, 0.29) is 29.1 Å². The number of nitrogens with zero attached hydrogens (tertiary/aromatic N) is 3. The Kier molecular flexibility index (Phi) is 9.63. The lowest BCUT2D eigenvalue weighted by Gasteiger charge is -2.21. The number of esters is 1. The quantitative estimate of drug-likeness (QED) is 0.152. The van der Waals surface area contributed by atoms with Gasteiger partial charge in [-0.15, -0.1) is 0 Å². The molecule has 11 nitrogen and oxygen atoms in total. The van der Waals surface area contributed by atoms with E-state index in [4.69, 9.17) is 16.3 Å². The van der Waals surface area contributed by atoms with Crippen LogP contribution < -0.4 is 16.0 Å². The Hall–Kier alpha value is -5.62. The number of hydrogen-bond acceptors (Lipinski definition) is 7. The minimum absolute atomic E-state index is 0.00395. The molecule has 0 spiro atoms. The molecule has 0 fully saturated rings. The smallest absolute Gasteiger partial charge is 0.338 e. The van der Waals surface area contributed by atoms with Crippen molar-refractivity contribution in [3.63, 3.8) is 0 Å². The number of halogens is 2. The molecule has 0 radical (unpaired) electrons. The van der Waals surface area contributed by atoms with E-state index in [1.807, 2.05) is 33.8 Å². The van der Waals surface area contributed by atoms with Gasteiger partial charge < -0.3 is 20.7 Å². The Morgan fingerprint density at radius 3 is 2.47 bits per heavy atom. The van der Waals surface area contributed by atoms with E-state index < -0.39 is 41.2 Å². The Balaban J connectivity index is 1.32. The van der Waals surface area contributed by atoms with Gasteiger partial charge in [-0.25, -0.2) is 18.7 Å². The van der Waals surface area contributed by atoms with Gasteiger partial charge in [0.05, 0.1) is 28.5 Å². The van der Waals surface area contributed by atoms with Crippen molar-refractivity contribution in [2.45, 2.75) is 65.6 Å². The molecule has 6 rings (SSSR count). The number of amides is 3. The topological polar surface area (TPSA) is 144 Å². The molecule has 1 aliphatic carbocycles. The highest BCUT2D eigenvalue weighted by Crippen LogP contribution is 2.35. The number of hydrogen-bond donors (Lipinski definition) is 3. The standard InChI is InChI=1S/C38H36ClFN6O5/c1-20-10-11-22(16-28(20)40)18-41-35(48)31-17-32(46-33(43-31)26(19-42-46)34(47)45-30-9-7-6-8-27(30)39)36(49)44-29-15-14-23-21(2)24(12-13-25(23)29)37(50)51-38(3,4)5/h6-13,16-17,19,29H,14-15,18H2,1-5H3,(H,41,48)(H,44,49)(H,45,47)/t29-/m0/s1. The Morgan fingerprint density at radius 1 is 0.980 bits per heavy atom. The number of para-hydroxylation sites is 1. The van der Waals surface area contributed by atoms with Crippen molar-refractivity contribution < 1.29 is 28.3 Å². The van der Waals surface area contributed by atoms with Crippen molar-refractivity contribution in [2.75, 3.05) is 5.32 Å². The predicted octanol–water partition coefficient (Wildman–Crippen LogP) is 6.69. The molecule has 5 aromatic rings. The molecule has 51 heavy (non-hydrogen) atoms. The first-order chi connectivity index (χ1) is 24.2. The van der Waals surface area contributed by atoms with Crippen LogP contribution in [-0.4, -0.2) is 43.9 Å². The Labute approximate surface area is 298 Å². The fourth-order valence-electron chi connectivity index (χ4n) is 5.99. The van der Waals surface area contributed by atoms with Gasteiger partial charge in [0.25, 0.3) is 17.7 Å². The van der Waals surface area contributed by atoms with Crippen molar-refractivity contribution in [3.8, 4) is 0 Å². The number of rotatable bonds is 8. The summed E-state index contributed by atoms with van der Waals surface area (Å²) in [7, 11) is 0. The molecule has 0 unspecified atom stereocenters. The van der Waals surface area contributed by atoms with Crippen LogP contribution in [0.15, 0.2) is 66.9 Å². The number of carbonyl (C=O) groups is 4. The van der Waals surface area contributed by atoms with Crippen LogP contribution >= 0.6 is 11.6 Å². The summed E-state index contributed by atoms with van der Waals surface area (Å²) in [6.07, 6.45) is 2.45. The predicted molar refractivity (Wildman–Crippen MR) is 190 cm³/mol. The summed E-state index contributed by atoms with van der Waals surface area (Å²) in [5.74, 6) is -2.64. The lowest BCUT2D eigenvalue weighted by molar-refractivity contribution is 0.00682.